The monoisotopic (exact) mass is 608 g/mol. The molecule has 6 rings (SSSR count). The third kappa shape index (κ3) is 6.09. The Hall–Kier alpha value is -4.89. The van der Waals surface area contributed by atoms with Crippen molar-refractivity contribution < 1.29 is 42.9 Å². The molecular weight excluding hydrogens is 576 g/mol. The maximum Gasteiger partial charge on any atom is 0.414 e. The molecule has 4 fully saturated rings. The van der Waals surface area contributed by atoms with Crippen LogP contribution in [-0.4, -0.2) is 113 Å². The lowest BCUT2D eigenvalue weighted by molar-refractivity contribution is -0.126. The first kappa shape index (κ1) is 29.2. The van der Waals surface area contributed by atoms with Gasteiger partial charge in [0.05, 0.1) is 39.4 Å². The Kier molecular flexibility index (Phi) is 8.21. The van der Waals surface area contributed by atoms with Gasteiger partial charge in [-0.25, -0.2) is 14.4 Å². The fourth-order valence-corrected chi connectivity index (χ4v) is 5.61. The van der Waals surface area contributed by atoms with Crippen LogP contribution in [0, 0.1) is 0 Å². The number of carbonyl (C=O) groups is 5. The van der Waals surface area contributed by atoms with Crippen LogP contribution in [0.25, 0.3) is 0 Å². The Balaban J connectivity index is 1.04. The zero-order valence-corrected chi connectivity index (χ0v) is 23.8. The molecule has 0 aliphatic carbocycles. The van der Waals surface area contributed by atoms with Crippen molar-refractivity contribution in [2.45, 2.75) is 12.2 Å². The van der Waals surface area contributed by atoms with Crippen molar-refractivity contribution in [3.05, 3.63) is 48.5 Å². The van der Waals surface area contributed by atoms with E-state index < -0.39 is 30.4 Å². The van der Waals surface area contributed by atoms with Crippen LogP contribution < -0.4 is 25.3 Å². The summed E-state index contributed by atoms with van der Waals surface area (Å²) >= 11 is 0. The van der Waals surface area contributed by atoms with Gasteiger partial charge in [-0.05, 0) is 48.5 Å². The quantitative estimate of drug-likeness (QED) is 0.463. The molecular formula is C29H32N6O9. The van der Waals surface area contributed by atoms with Gasteiger partial charge in [0.25, 0.3) is 11.8 Å². The number of nitrogens with zero attached hydrogens (tertiary/aromatic N) is 5. The van der Waals surface area contributed by atoms with Crippen molar-refractivity contribution >= 4 is 52.8 Å². The van der Waals surface area contributed by atoms with Crippen LogP contribution in [0.15, 0.2) is 48.5 Å². The standard InChI is InChI=1S/C29H32N6O9/c30-27(38)31(13-23-15-34(28(39)43-23)21-5-1-19(2-6-21)32-9-11-41-17-25(32)36)14-24-16-35(29(40)44-24)22-7-3-20(4-8-22)33-10-12-42-18-26(33)37/h1-8,23-24H,9-18H2,(H2,30,38)/t23-,24-/m0/s1. The summed E-state index contributed by atoms with van der Waals surface area (Å²) in [6, 6.07) is 13.2. The molecule has 0 radical (unpaired) electrons. The lowest BCUT2D eigenvalue weighted by Gasteiger charge is -2.27. The van der Waals surface area contributed by atoms with Gasteiger partial charge in [0.1, 0.15) is 25.4 Å². The van der Waals surface area contributed by atoms with Crippen molar-refractivity contribution in [3.63, 3.8) is 0 Å². The number of nitrogens with two attached hydrogens (primary N) is 1. The molecule has 0 unspecified atom stereocenters. The van der Waals surface area contributed by atoms with Gasteiger partial charge in [-0.1, -0.05) is 0 Å². The number of morpholine rings is 2. The Morgan fingerprint density at radius 1 is 0.659 bits per heavy atom. The highest BCUT2D eigenvalue weighted by Crippen LogP contribution is 2.28. The van der Waals surface area contributed by atoms with Gasteiger partial charge >= 0.3 is 18.2 Å². The molecule has 4 aliphatic heterocycles. The average molecular weight is 609 g/mol. The van der Waals surface area contributed by atoms with Crippen LogP contribution in [0.4, 0.5) is 37.1 Å². The molecule has 0 spiro atoms. The van der Waals surface area contributed by atoms with E-state index in [1.54, 1.807) is 58.3 Å². The Labute approximate surface area is 252 Å². The third-order valence-corrected chi connectivity index (χ3v) is 7.83. The number of benzene rings is 2. The number of rotatable bonds is 8. The van der Waals surface area contributed by atoms with Gasteiger partial charge in [-0.3, -0.25) is 19.4 Å². The first-order valence-electron chi connectivity index (χ1n) is 14.2. The largest absolute Gasteiger partial charge is 0.442 e. The van der Waals surface area contributed by atoms with E-state index >= 15 is 0 Å². The predicted molar refractivity (Wildman–Crippen MR) is 156 cm³/mol. The summed E-state index contributed by atoms with van der Waals surface area (Å²) in [6.07, 6.45) is -2.48. The zero-order chi connectivity index (χ0) is 30.8. The number of ether oxygens (including phenoxy) is 4. The number of urea groups is 1. The van der Waals surface area contributed by atoms with Crippen LogP contribution in [0.5, 0.6) is 0 Å². The smallest absolute Gasteiger partial charge is 0.414 e. The SMILES string of the molecule is NC(=O)N(C[C@H]1CN(c2ccc(N3CCOCC3=O)cc2)C(=O)O1)C[C@H]1CN(c2ccc(N3CCOCC3=O)cc2)C(=O)O1. The second-order valence-electron chi connectivity index (χ2n) is 10.7. The molecule has 0 bridgehead atoms. The first-order chi connectivity index (χ1) is 21.3. The number of cyclic esters (lactones) is 2. The van der Waals surface area contributed by atoms with Crippen LogP contribution in [0.1, 0.15) is 0 Å². The minimum Gasteiger partial charge on any atom is -0.442 e. The fraction of sp³-hybridized carbons (Fsp3) is 0.414. The number of carbonyl (C=O) groups excluding carboxylic acids is 5. The second-order valence-corrected chi connectivity index (χ2v) is 10.7. The molecule has 4 heterocycles. The number of primary amides is 1. The molecule has 232 valence electrons. The lowest BCUT2D eigenvalue weighted by Crippen LogP contribution is -2.46. The summed E-state index contributed by atoms with van der Waals surface area (Å²) in [5.74, 6) is -0.266. The molecule has 15 nitrogen and oxygen atoms in total. The molecule has 2 N–H and O–H groups in total. The summed E-state index contributed by atoms with van der Waals surface area (Å²) in [6.45, 7) is 2.23. The number of anilines is 4. The summed E-state index contributed by atoms with van der Waals surface area (Å²) in [5, 5.41) is 0. The minimum absolute atomic E-state index is 0.00820. The number of hydrogen-bond acceptors (Lipinski definition) is 9. The summed E-state index contributed by atoms with van der Waals surface area (Å²) in [5.41, 5.74) is 8.22. The van der Waals surface area contributed by atoms with Gasteiger partial charge in [-0.15, -0.1) is 0 Å². The highest BCUT2D eigenvalue weighted by atomic mass is 16.6. The third-order valence-electron chi connectivity index (χ3n) is 7.83. The second kappa shape index (κ2) is 12.4. The predicted octanol–water partition coefficient (Wildman–Crippen LogP) is 1.14. The highest BCUT2D eigenvalue weighted by molar-refractivity contribution is 5.96. The van der Waals surface area contributed by atoms with E-state index in [4.69, 9.17) is 24.7 Å². The molecule has 4 aliphatic rings. The first-order valence-corrected chi connectivity index (χ1v) is 14.2. The topological polar surface area (TPSA) is 164 Å². The van der Waals surface area contributed by atoms with E-state index in [-0.39, 0.29) is 51.2 Å². The maximum atomic E-state index is 12.7. The van der Waals surface area contributed by atoms with Crippen molar-refractivity contribution in [2.24, 2.45) is 5.73 Å². The summed E-state index contributed by atoms with van der Waals surface area (Å²) in [4.78, 5) is 69.4. The van der Waals surface area contributed by atoms with E-state index in [0.29, 0.717) is 49.1 Å². The van der Waals surface area contributed by atoms with E-state index in [1.807, 2.05) is 0 Å². The Bertz CT molecular complexity index is 1330. The van der Waals surface area contributed by atoms with Crippen molar-refractivity contribution in [2.75, 3.05) is 85.3 Å². The number of amides is 6. The minimum atomic E-state index is -0.743. The molecule has 2 atom stereocenters. The Morgan fingerprint density at radius 2 is 1.02 bits per heavy atom. The molecule has 0 aromatic heterocycles. The van der Waals surface area contributed by atoms with Gasteiger partial charge in [0, 0.05) is 35.8 Å². The molecule has 44 heavy (non-hydrogen) atoms. The van der Waals surface area contributed by atoms with E-state index in [1.165, 1.54) is 14.7 Å². The van der Waals surface area contributed by atoms with Gasteiger partial charge in [0.2, 0.25) is 0 Å². The Morgan fingerprint density at radius 3 is 1.36 bits per heavy atom. The summed E-state index contributed by atoms with van der Waals surface area (Å²) in [7, 11) is 0. The molecule has 6 amide bonds. The lowest BCUT2D eigenvalue weighted by atomic mass is 10.2. The maximum absolute atomic E-state index is 12.7. The molecule has 2 aromatic rings. The molecule has 0 saturated carbocycles. The van der Waals surface area contributed by atoms with Crippen molar-refractivity contribution in [3.8, 4) is 0 Å². The van der Waals surface area contributed by atoms with Gasteiger partial charge in [-0.2, -0.15) is 0 Å². The zero-order valence-electron chi connectivity index (χ0n) is 23.8. The number of hydrogen-bond donors (Lipinski definition) is 1. The van der Waals surface area contributed by atoms with Gasteiger partial charge in [0.15, 0.2) is 0 Å². The van der Waals surface area contributed by atoms with E-state index in [9.17, 15) is 24.0 Å². The molecule has 15 heteroatoms. The van der Waals surface area contributed by atoms with Crippen LogP contribution >= 0.6 is 0 Å². The molecule has 4 saturated heterocycles. The van der Waals surface area contributed by atoms with Crippen molar-refractivity contribution in [1.29, 1.82) is 0 Å². The van der Waals surface area contributed by atoms with Crippen molar-refractivity contribution in [1.82, 2.24) is 4.90 Å². The van der Waals surface area contributed by atoms with Crippen LogP contribution in [0.3, 0.4) is 0 Å². The summed E-state index contributed by atoms with van der Waals surface area (Å²) < 4.78 is 21.4. The highest BCUT2D eigenvalue weighted by Gasteiger charge is 2.38. The van der Waals surface area contributed by atoms with Crippen LogP contribution in [0.2, 0.25) is 0 Å². The van der Waals surface area contributed by atoms with Gasteiger partial charge < -0.3 is 39.4 Å². The average Bonchev–Trinajstić information content (AvgIpc) is 3.58. The normalized spacial score (nSPS) is 22.4. The fourth-order valence-electron chi connectivity index (χ4n) is 5.61. The molecule has 2 aromatic carbocycles. The van der Waals surface area contributed by atoms with Crippen LogP contribution in [-0.2, 0) is 28.5 Å². The van der Waals surface area contributed by atoms with E-state index in [0.717, 1.165) is 0 Å². The van der Waals surface area contributed by atoms with E-state index in [2.05, 4.69) is 0 Å².